The van der Waals surface area contributed by atoms with Crippen LogP contribution in [0.5, 0.6) is 0 Å². The lowest BCUT2D eigenvalue weighted by Crippen LogP contribution is -2.49. The molecule has 1 aromatic carbocycles. The fourth-order valence-electron chi connectivity index (χ4n) is 3.02. The molecule has 1 atom stereocenters. The number of hydrogen-bond acceptors (Lipinski definition) is 6. The van der Waals surface area contributed by atoms with Gasteiger partial charge in [0.15, 0.2) is 6.29 Å². The van der Waals surface area contributed by atoms with Crippen LogP contribution in [0.4, 0.5) is 5.69 Å². The van der Waals surface area contributed by atoms with Gasteiger partial charge in [-0.3, -0.25) is 14.4 Å². The van der Waals surface area contributed by atoms with Crippen LogP contribution in [-0.2, 0) is 19.1 Å². The van der Waals surface area contributed by atoms with E-state index in [1.54, 1.807) is 41.8 Å². The van der Waals surface area contributed by atoms with E-state index in [2.05, 4.69) is 0 Å². The van der Waals surface area contributed by atoms with E-state index in [-0.39, 0.29) is 24.8 Å². The SMILES string of the molecule is COC(CN(C(=O)c1cccs1)C1CC(=O)N(c2ccc(Cl)cc2)C1=O)OC. The Hall–Kier alpha value is -2.26. The first kappa shape index (κ1) is 20.5. The second-order valence-corrected chi connectivity index (χ2v) is 7.48. The third kappa shape index (κ3) is 4.10. The van der Waals surface area contributed by atoms with Gasteiger partial charge in [0.2, 0.25) is 5.91 Å². The minimum Gasteiger partial charge on any atom is -0.354 e. The van der Waals surface area contributed by atoms with E-state index < -0.39 is 18.2 Å². The number of nitrogens with zero attached hydrogens (tertiary/aromatic N) is 2. The van der Waals surface area contributed by atoms with Gasteiger partial charge < -0.3 is 14.4 Å². The molecule has 0 radical (unpaired) electrons. The van der Waals surface area contributed by atoms with Gasteiger partial charge in [-0.1, -0.05) is 17.7 Å². The van der Waals surface area contributed by atoms with E-state index in [1.165, 1.54) is 30.5 Å². The van der Waals surface area contributed by atoms with Crippen molar-refractivity contribution in [3.63, 3.8) is 0 Å². The predicted molar refractivity (Wildman–Crippen MR) is 106 cm³/mol. The first-order valence-corrected chi connectivity index (χ1v) is 9.74. The number of halogens is 1. The molecular formula is C19H19ClN2O5S. The van der Waals surface area contributed by atoms with Crippen molar-refractivity contribution in [3.05, 3.63) is 51.7 Å². The molecule has 148 valence electrons. The minimum absolute atomic E-state index is 0.0158. The van der Waals surface area contributed by atoms with Gasteiger partial charge >= 0.3 is 0 Å². The lowest BCUT2D eigenvalue weighted by Gasteiger charge is -2.29. The monoisotopic (exact) mass is 422 g/mol. The summed E-state index contributed by atoms with van der Waals surface area (Å²) in [6.07, 6.45) is -0.838. The van der Waals surface area contributed by atoms with Gasteiger partial charge in [0.1, 0.15) is 6.04 Å². The highest BCUT2D eigenvalue weighted by Gasteiger charge is 2.45. The highest BCUT2D eigenvalue weighted by Crippen LogP contribution is 2.28. The molecule has 2 aromatic rings. The van der Waals surface area contributed by atoms with E-state index in [1.807, 2.05) is 0 Å². The molecule has 1 aliphatic rings. The molecule has 1 fully saturated rings. The second kappa shape index (κ2) is 8.83. The highest BCUT2D eigenvalue weighted by atomic mass is 35.5. The van der Waals surface area contributed by atoms with Gasteiger partial charge in [0, 0.05) is 19.2 Å². The Labute approximate surface area is 171 Å². The number of rotatable bonds is 7. The van der Waals surface area contributed by atoms with Crippen molar-refractivity contribution in [2.45, 2.75) is 18.8 Å². The smallest absolute Gasteiger partial charge is 0.264 e. The molecule has 0 aliphatic carbocycles. The molecule has 1 saturated heterocycles. The number of carbonyl (C=O) groups is 3. The van der Waals surface area contributed by atoms with Crippen molar-refractivity contribution in [3.8, 4) is 0 Å². The van der Waals surface area contributed by atoms with Crippen molar-refractivity contribution < 1.29 is 23.9 Å². The summed E-state index contributed by atoms with van der Waals surface area (Å²) < 4.78 is 10.4. The van der Waals surface area contributed by atoms with Crippen LogP contribution in [0.3, 0.4) is 0 Å². The molecule has 28 heavy (non-hydrogen) atoms. The van der Waals surface area contributed by atoms with Crippen LogP contribution < -0.4 is 4.90 Å². The number of amides is 3. The Kier molecular flexibility index (Phi) is 6.46. The Balaban J connectivity index is 1.91. The molecule has 2 heterocycles. The normalized spacial score (nSPS) is 16.9. The van der Waals surface area contributed by atoms with Gasteiger partial charge in [0.25, 0.3) is 11.8 Å². The minimum atomic E-state index is -0.939. The number of anilines is 1. The van der Waals surface area contributed by atoms with Crippen molar-refractivity contribution in [1.82, 2.24) is 4.90 Å². The van der Waals surface area contributed by atoms with Crippen LogP contribution in [0, 0.1) is 0 Å². The lowest BCUT2D eigenvalue weighted by molar-refractivity contribution is -0.128. The molecule has 1 aliphatic heterocycles. The molecule has 9 heteroatoms. The van der Waals surface area contributed by atoms with Crippen molar-refractivity contribution in [2.75, 3.05) is 25.7 Å². The summed E-state index contributed by atoms with van der Waals surface area (Å²) in [6.45, 7) is 0.0158. The Bertz CT molecular complexity index is 852. The average Bonchev–Trinajstić information content (AvgIpc) is 3.32. The topological polar surface area (TPSA) is 76.2 Å². The standard InChI is InChI=1S/C19H19ClN2O5S/c1-26-17(27-2)11-21(19(25)15-4-3-9-28-15)14-10-16(23)22(18(14)24)13-7-5-12(20)6-8-13/h3-9,14,17H,10-11H2,1-2H3. The van der Waals surface area contributed by atoms with Crippen molar-refractivity contribution in [1.29, 1.82) is 0 Å². The molecule has 3 amide bonds. The van der Waals surface area contributed by atoms with Gasteiger partial charge in [-0.2, -0.15) is 0 Å². The Morgan fingerprint density at radius 2 is 1.93 bits per heavy atom. The maximum Gasteiger partial charge on any atom is 0.264 e. The summed E-state index contributed by atoms with van der Waals surface area (Å²) in [5.41, 5.74) is 0.417. The maximum absolute atomic E-state index is 13.1. The van der Waals surface area contributed by atoms with Crippen LogP contribution in [0.2, 0.25) is 5.02 Å². The highest BCUT2D eigenvalue weighted by molar-refractivity contribution is 7.12. The number of carbonyl (C=O) groups excluding carboxylic acids is 3. The third-order valence-corrected chi connectivity index (χ3v) is 5.56. The predicted octanol–water partition coefficient (Wildman–Crippen LogP) is 2.79. The fourth-order valence-corrected chi connectivity index (χ4v) is 3.83. The summed E-state index contributed by atoms with van der Waals surface area (Å²) in [5.74, 6) is -1.20. The number of thiophene rings is 1. The zero-order valence-electron chi connectivity index (χ0n) is 15.3. The summed E-state index contributed by atoms with van der Waals surface area (Å²) in [6, 6.07) is 8.88. The molecular weight excluding hydrogens is 404 g/mol. The van der Waals surface area contributed by atoms with Crippen LogP contribution in [0.15, 0.2) is 41.8 Å². The maximum atomic E-state index is 13.1. The van der Waals surface area contributed by atoms with E-state index in [9.17, 15) is 14.4 Å². The molecule has 0 spiro atoms. The van der Waals surface area contributed by atoms with Crippen LogP contribution in [0.1, 0.15) is 16.1 Å². The molecule has 7 nitrogen and oxygen atoms in total. The second-order valence-electron chi connectivity index (χ2n) is 6.10. The number of benzene rings is 1. The number of hydrogen-bond donors (Lipinski definition) is 0. The van der Waals surface area contributed by atoms with E-state index in [4.69, 9.17) is 21.1 Å². The van der Waals surface area contributed by atoms with Crippen molar-refractivity contribution in [2.24, 2.45) is 0 Å². The zero-order valence-corrected chi connectivity index (χ0v) is 16.9. The van der Waals surface area contributed by atoms with Crippen LogP contribution >= 0.6 is 22.9 Å². The molecule has 0 bridgehead atoms. The average molecular weight is 423 g/mol. The van der Waals surface area contributed by atoms with Gasteiger partial charge in [-0.15, -0.1) is 11.3 Å². The summed E-state index contributed by atoms with van der Waals surface area (Å²) in [7, 11) is 2.90. The van der Waals surface area contributed by atoms with E-state index >= 15 is 0 Å². The summed E-state index contributed by atoms with van der Waals surface area (Å²) >= 11 is 7.15. The van der Waals surface area contributed by atoms with Gasteiger partial charge in [0.05, 0.1) is 23.5 Å². The van der Waals surface area contributed by atoms with Crippen LogP contribution in [0.25, 0.3) is 0 Å². The first-order chi connectivity index (χ1) is 13.5. The first-order valence-electron chi connectivity index (χ1n) is 8.48. The van der Waals surface area contributed by atoms with E-state index in [0.29, 0.717) is 15.6 Å². The fraction of sp³-hybridized carbons (Fsp3) is 0.316. The van der Waals surface area contributed by atoms with Crippen molar-refractivity contribution >= 4 is 46.3 Å². The Morgan fingerprint density at radius 1 is 1.25 bits per heavy atom. The zero-order chi connectivity index (χ0) is 20.3. The van der Waals surface area contributed by atoms with Gasteiger partial charge in [-0.05, 0) is 35.7 Å². The largest absolute Gasteiger partial charge is 0.354 e. The lowest BCUT2D eigenvalue weighted by atomic mass is 10.2. The summed E-state index contributed by atoms with van der Waals surface area (Å²) in [5, 5.41) is 2.27. The Morgan fingerprint density at radius 3 is 2.50 bits per heavy atom. The molecule has 0 saturated carbocycles. The van der Waals surface area contributed by atoms with Crippen LogP contribution in [-0.4, -0.2) is 55.7 Å². The number of ether oxygens (including phenoxy) is 2. The number of imide groups is 1. The quantitative estimate of drug-likeness (QED) is 0.506. The summed E-state index contributed by atoms with van der Waals surface area (Å²) in [4.78, 5) is 41.6. The molecule has 1 aromatic heterocycles. The number of methoxy groups -OCH3 is 2. The molecule has 0 N–H and O–H groups in total. The molecule has 1 unspecified atom stereocenters. The third-order valence-electron chi connectivity index (χ3n) is 4.45. The van der Waals surface area contributed by atoms with E-state index in [0.717, 1.165) is 4.90 Å². The molecule has 3 rings (SSSR count). The van der Waals surface area contributed by atoms with Gasteiger partial charge in [-0.25, -0.2) is 4.90 Å².